The summed E-state index contributed by atoms with van der Waals surface area (Å²) < 4.78 is 3.55. The molecular formula is C8H13Cl2N5. The van der Waals surface area contributed by atoms with E-state index in [2.05, 4.69) is 10.2 Å². The van der Waals surface area contributed by atoms with Crippen LogP contribution in [-0.2, 0) is 6.67 Å². The number of anilines is 1. The van der Waals surface area contributed by atoms with E-state index in [9.17, 15) is 0 Å². The molecule has 2 rings (SSSR count). The Morgan fingerprint density at radius 3 is 2.20 bits per heavy atom. The first-order valence-corrected chi connectivity index (χ1v) is 4.01. The Balaban J connectivity index is 0.000000980. The lowest BCUT2D eigenvalue weighted by Gasteiger charge is -1.99. The van der Waals surface area contributed by atoms with Crippen molar-refractivity contribution in [3.05, 3.63) is 30.4 Å². The fourth-order valence-corrected chi connectivity index (χ4v) is 1.15. The number of nitrogen functional groups attached to an aromatic ring is 1. The second-order valence-corrected chi connectivity index (χ2v) is 3.01. The van der Waals surface area contributed by atoms with Crippen molar-refractivity contribution in [1.82, 2.24) is 19.6 Å². The van der Waals surface area contributed by atoms with E-state index < -0.39 is 0 Å². The molecule has 0 fully saturated rings. The first-order chi connectivity index (χ1) is 6.24. The zero-order valence-electron chi connectivity index (χ0n) is 8.20. The van der Waals surface area contributed by atoms with Crippen molar-refractivity contribution in [3.63, 3.8) is 0 Å². The van der Waals surface area contributed by atoms with Crippen molar-refractivity contribution in [3.8, 4) is 0 Å². The first kappa shape index (κ1) is 13.8. The van der Waals surface area contributed by atoms with Gasteiger partial charge in [0.1, 0.15) is 6.67 Å². The van der Waals surface area contributed by atoms with Gasteiger partial charge in [0.25, 0.3) is 0 Å². The molecular weight excluding hydrogens is 237 g/mol. The van der Waals surface area contributed by atoms with Gasteiger partial charge in [0.15, 0.2) is 0 Å². The van der Waals surface area contributed by atoms with Crippen LogP contribution in [0, 0.1) is 6.92 Å². The number of hydrogen-bond acceptors (Lipinski definition) is 3. The molecule has 0 spiro atoms. The molecule has 0 aromatic carbocycles. The van der Waals surface area contributed by atoms with Crippen molar-refractivity contribution in [2.45, 2.75) is 13.6 Å². The van der Waals surface area contributed by atoms with Crippen LogP contribution < -0.4 is 5.73 Å². The van der Waals surface area contributed by atoms with Crippen LogP contribution in [-0.4, -0.2) is 19.6 Å². The third kappa shape index (κ3) is 3.45. The van der Waals surface area contributed by atoms with Crippen molar-refractivity contribution in [1.29, 1.82) is 0 Å². The minimum Gasteiger partial charge on any atom is -0.396 e. The molecule has 2 aromatic rings. The van der Waals surface area contributed by atoms with E-state index in [1.165, 1.54) is 0 Å². The van der Waals surface area contributed by atoms with Crippen LogP contribution >= 0.6 is 24.8 Å². The van der Waals surface area contributed by atoms with Crippen molar-refractivity contribution >= 4 is 30.5 Å². The van der Waals surface area contributed by atoms with Crippen molar-refractivity contribution < 1.29 is 0 Å². The molecule has 0 atom stereocenters. The Morgan fingerprint density at radius 1 is 1.13 bits per heavy atom. The Morgan fingerprint density at radius 2 is 1.73 bits per heavy atom. The molecule has 0 amide bonds. The number of aryl methyl sites for hydroxylation is 1. The van der Waals surface area contributed by atoms with E-state index in [0.717, 1.165) is 5.56 Å². The number of aromatic nitrogens is 4. The summed E-state index contributed by atoms with van der Waals surface area (Å²) >= 11 is 0. The maximum Gasteiger partial charge on any atom is 0.133 e. The van der Waals surface area contributed by atoms with Gasteiger partial charge < -0.3 is 5.73 Å². The zero-order chi connectivity index (χ0) is 9.26. The highest BCUT2D eigenvalue weighted by molar-refractivity contribution is 5.85. The van der Waals surface area contributed by atoms with E-state index in [4.69, 9.17) is 5.73 Å². The lowest BCUT2D eigenvalue weighted by Crippen LogP contribution is -2.08. The zero-order valence-corrected chi connectivity index (χ0v) is 9.83. The highest BCUT2D eigenvalue weighted by atomic mass is 35.5. The van der Waals surface area contributed by atoms with Crippen LogP contribution in [0.1, 0.15) is 5.56 Å². The molecule has 0 saturated heterocycles. The fraction of sp³-hybridized carbons (Fsp3) is 0.250. The number of nitrogens with zero attached hydrogens (tertiary/aromatic N) is 4. The van der Waals surface area contributed by atoms with Crippen molar-refractivity contribution in [2.24, 2.45) is 0 Å². The molecule has 2 N–H and O–H groups in total. The minimum absolute atomic E-state index is 0. The molecule has 0 aliphatic rings. The van der Waals surface area contributed by atoms with Gasteiger partial charge in [-0.1, -0.05) is 0 Å². The maximum absolute atomic E-state index is 5.52. The molecule has 0 unspecified atom stereocenters. The fourth-order valence-electron chi connectivity index (χ4n) is 1.15. The number of rotatable bonds is 2. The van der Waals surface area contributed by atoms with E-state index in [1.807, 2.05) is 24.0 Å². The van der Waals surface area contributed by atoms with Gasteiger partial charge in [-0.25, -0.2) is 4.68 Å². The molecule has 0 bridgehead atoms. The summed E-state index contributed by atoms with van der Waals surface area (Å²) in [5.74, 6) is 0. The Hall–Kier alpha value is -1.20. The van der Waals surface area contributed by atoms with Gasteiger partial charge in [-0.15, -0.1) is 24.8 Å². The molecule has 5 nitrogen and oxygen atoms in total. The maximum atomic E-state index is 5.52. The molecule has 2 aromatic heterocycles. The Labute approximate surface area is 100 Å². The summed E-state index contributed by atoms with van der Waals surface area (Å²) in [6, 6.07) is 0. The van der Waals surface area contributed by atoms with Crippen LogP contribution in [0.4, 0.5) is 5.69 Å². The predicted octanol–water partition coefficient (Wildman–Crippen LogP) is 1.32. The summed E-state index contributed by atoms with van der Waals surface area (Å²) in [6.07, 6.45) is 7.16. The number of hydrogen-bond donors (Lipinski definition) is 1. The van der Waals surface area contributed by atoms with Gasteiger partial charge in [-0.3, -0.25) is 4.68 Å². The van der Waals surface area contributed by atoms with Gasteiger partial charge in [-0.05, 0) is 12.5 Å². The monoisotopic (exact) mass is 249 g/mol. The summed E-state index contributed by atoms with van der Waals surface area (Å²) in [7, 11) is 0. The quantitative estimate of drug-likeness (QED) is 0.874. The van der Waals surface area contributed by atoms with Crippen LogP contribution in [0.15, 0.2) is 24.8 Å². The molecule has 0 aliphatic heterocycles. The number of nitrogens with two attached hydrogens (primary N) is 1. The first-order valence-electron chi connectivity index (χ1n) is 4.01. The van der Waals surface area contributed by atoms with Crippen LogP contribution in [0.5, 0.6) is 0 Å². The van der Waals surface area contributed by atoms with Crippen molar-refractivity contribution in [2.75, 3.05) is 5.73 Å². The molecule has 0 saturated carbocycles. The van der Waals surface area contributed by atoms with E-state index in [0.29, 0.717) is 12.4 Å². The Kier molecular flexibility index (Phi) is 5.18. The molecule has 2 heterocycles. The van der Waals surface area contributed by atoms with Gasteiger partial charge in [0.05, 0.1) is 24.3 Å². The van der Waals surface area contributed by atoms with E-state index >= 15 is 0 Å². The van der Waals surface area contributed by atoms with Crippen LogP contribution in [0.25, 0.3) is 0 Å². The van der Waals surface area contributed by atoms with Gasteiger partial charge in [0.2, 0.25) is 0 Å². The average Bonchev–Trinajstić information content (AvgIpc) is 2.62. The third-order valence-corrected chi connectivity index (χ3v) is 1.71. The van der Waals surface area contributed by atoms with E-state index in [-0.39, 0.29) is 24.8 Å². The summed E-state index contributed by atoms with van der Waals surface area (Å²) in [6.45, 7) is 2.60. The topological polar surface area (TPSA) is 61.7 Å². The molecule has 7 heteroatoms. The average molecular weight is 250 g/mol. The molecule has 15 heavy (non-hydrogen) atoms. The van der Waals surface area contributed by atoms with Crippen LogP contribution in [0.3, 0.4) is 0 Å². The van der Waals surface area contributed by atoms with Gasteiger partial charge >= 0.3 is 0 Å². The highest BCUT2D eigenvalue weighted by Gasteiger charge is 1.96. The lowest BCUT2D eigenvalue weighted by atomic mass is 10.4. The smallest absolute Gasteiger partial charge is 0.133 e. The SMILES string of the molecule is Cc1cnn(Cn2cc(N)cn2)c1.Cl.Cl. The lowest BCUT2D eigenvalue weighted by molar-refractivity contribution is 0.503. The standard InChI is InChI=1S/C8H11N5.2ClH/c1-7-2-10-12(4-7)6-13-5-8(9)3-11-13;;/h2-5H,6,9H2,1H3;2*1H. The highest BCUT2D eigenvalue weighted by Crippen LogP contribution is 1.99. The summed E-state index contributed by atoms with van der Waals surface area (Å²) in [4.78, 5) is 0. The van der Waals surface area contributed by atoms with Gasteiger partial charge in [-0.2, -0.15) is 10.2 Å². The second-order valence-electron chi connectivity index (χ2n) is 3.01. The van der Waals surface area contributed by atoms with Gasteiger partial charge in [0, 0.05) is 6.20 Å². The Bertz CT molecular complexity index is 370. The molecule has 0 radical (unpaired) electrons. The molecule has 84 valence electrons. The summed E-state index contributed by atoms with van der Waals surface area (Å²) in [5, 5.41) is 8.19. The number of halogens is 2. The normalized spacial score (nSPS) is 9.13. The largest absolute Gasteiger partial charge is 0.396 e. The summed E-state index contributed by atoms with van der Waals surface area (Å²) in [5.41, 5.74) is 7.33. The second kappa shape index (κ2) is 5.63. The predicted molar refractivity (Wildman–Crippen MR) is 63.5 cm³/mol. The molecule has 0 aliphatic carbocycles. The van der Waals surface area contributed by atoms with Crippen LogP contribution in [0.2, 0.25) is 0 Å². The third-order valence-electron chi connectivity index (χ3n) is 1.71. The van der Waals surface area contributed by atoms with E-state index in [1.54, 1.807) is 17.1 Å². The minimum atomic E-state index is 0.